The molecule has 5 aromatic rings. The van der Waals surface area contributed by atoms with Crippen LogP contribution in [0.15, 0.2) is 108 Å². The molecule has 3 heterocycles. The van der Waals surface area contributed by atoms with Crippen LogP contribution in [0.1, 0.15) is 45.9 Å². The van der Waals surface area contributed by atoms with E-state index in [-0.39, 0.29) is 12.2 Å². The van der Waals surface area contributed by atoms with Crippen molar-refractivity contribution in [2.75, 3.05) is 0 Å². The summed E-state index contributed by atoms with van der Waals surface area (Å²) >= 11 is 0. The molecule has 3 aromatic carbocycles. The first kappa shape index (κ1) is 29.0. The van der Waals surface area contributed by atoms with E-state index in [4.69, 9.17) is 18.9 Å². The third-order valence-corrected chi connectivity index (χ3v) is 7.38. The normalized spacial score (nSPS) is 19.6. The van der Waals surface area contributed by atoms with Crippen LogP contribution < -0.4 is 5.56 Å². The first-order valence-corrected chi connectivity index (χ1v) is 14.3. The minimum Gasteiger partial charge on any atom is -0.452 e. The molecule has 11 heteroatoms. The van der Waals surface area contributed by atoms with Gasteiger partial charge in [0, 0.05) is 0 Å². The van der Waals surface area contributed by atoms with Gasteiger partial charge < -0.3 is 18.9 Å². The van der Waals surface area contributed by atoms with Crippen molar-refractivity contribution in [2.45, 2.75) is 51.2 Å². The van der Waals surface area contributed by atoms with Gasteiger partial charge in [-0.3, -0.25) is 9.36 Å². The number of aromatic nitrogens is 4. The molecule has 0 radical (unpaired) electrons. The molecule has 11 nitrogen and oxygen atoms in total. The lowest BCUT2D eigenvalue weighted by Crippen LogP contribution is -2.39. The average Bonchev–Trinajstić information content (AvgIpc) is 3.65. The van der Waals surface area contributed by atoms with Crippen molar-refractivity contribution in [3.8, 4) is 0 Å². The Balaban J connectivity index is 1.30. The second-order valence-electron chi connectivity index (χ2n) is 10.2. The van der Waals surface area contributed by atoms with E-state index in [1.54, 1.807) is 65.2 Å². The molecule has 0 N–H and O–H groups in total. The van der Waals surface area contributed by atoms with E-state index in [0.717, 1.165) is 5.56 Å². The van der Waals surface area contributed by atoms with Crippen LogP contribution in [0.25, 0.3) is 11.0 Å². The molecule has 2 aromatic heterocycles. The summed E-state index contributed by atoms with van der Waals surface area (Å²) < 4.78 is 26.8. The molecule has 0 spiro atoms. The molecule has 0 saturated carbocycles. The molecular formula is C33H30N4O7. The highest BCUT2D eigenvalue weighted by Crippen LogP contribution is 2.37. The predicted octanol–water partition coefficient (Wildman–Crippen LogP) is 4.53. The zero-order valence-corrected chi connectivity index (χ0v) is 23.9. The molecule has 4 atom stereocenters. The number of carbonyl (C=O) groups excluding carboxylic acids is 2. The number of esters is 2. The van der Waals surface area contributed by atoms with Gasteiger partial charge in [-0.2, -0.15) is 5.10 Å². The van der Waals surface area contributed by atoms with Crippen molar-refractivity contribution in [1.82, 2.24) is 19.3 Å². The minimum atomic E-state index is -1.06. The molecule has 1 fully saturated rings. The molecule has 1 aliphatic rings. The Hall–Kier alpha value is -5.13. The summed E-state index contributed by atoms with van der Waals surface area (Å²) in [5.41, 5.74) is 1.70. The van der Waals surface area contributed by atoms with E-state index in [0.29, 0.717) is 29.7 Å². The van der Waals surface area contributed by atoms with Crippen LogP contribution in [-0.2, 0) is 32.3 Å². The number of hydrogen-bond donors (Lipinski definition) is 0. The Morgan fingerprint density at radius 2 is 1.43 bits per heavy atom. The van der Waals surface area contributed by atoms with Crippen molar-refractivity contribution in [1.29, 1.82) is 0 Å². The molecule has 4 unspecified atom stereocenters. The van der Waals surface area contributed by atoms with Crippen LogP contribution in [0.3, 0.4) is 0 Å². The first-order chi connectivity index (χ1) is 21.5. The van der Waals surface area contributed by atoms with Gasteiger partial charge in [0.15, 0.2) is 24.0 Å². The molecule has 0 bridgehead atoms. The van der Waals surface area contributed by atoms with Crippen LogP contribution in [-0.4, -0.2) is 49.6 Å². The summed E-state index contributed by atoms with van der Waals surface area (Å²) in [6.07, 6.45) is -0.198. The summed E-state index contributed by atoms with van der Waals surface area (Å²) in [6, 6.07) is 26.7. The standard InChI is InChI=1S/C33H30N4O7/c1-2-26-28(43-32(39)23-14-8-4-9-15-23)29(44-33(40)24-16-10-5-11-17-24)31(42-26)36-20-34-27-25(36)18-35-37(30(27)38)21-41-19-22-12-6-3-7-13-22/h3-18,20,26,28-29,31H,2,19,21H2,1H3. The van der Waals surface area contributed by atoms with Crippen LogP contribution >= 0.6 is 0 Å². The van der Waals surface area contributed by atoms with Gasteiger partial charge in [-0.15, -0.1) is 0 Å². The van der Waals surface area contributed by atoms with Crippen LogP contribution in [0, 0.1) is 0 Å². The lowest BCUT2D eigenvalue weighted by atomic mass is 10.1. The quantitative estimate of drug-likeness (QED) is 0.215. The molecular weight excluding hydrogens is 564 g/mol. The minimum absolute atomic E-state index is 0.0663. The fraction of sp³-hybridized carbons (Fsp3) is 0.242. The molecule has 0 aliphatic carbocycles. The maximum absolute atomic E-state index is 13.3. The average molecular weight is 595 g/mol. The highest BCUT2D eigenvalue weighted by Gasteiger charge is 2.50. The van der Waals surface area contributed by atoms with E-state index in [2.05, 4.69) is 10.1 Å². The van der Waals surface area contributed by atoms with Crippen molar-refractivity contribution in [3.63, 3.8) is 0 Å². The summed E-state index contributed by atoms with van der Waals surface area (Å²) in [4.78, 5) is 44.0. The van der Waals surface area contributed by atoms with Gasteiger partial charge in [0.05, 0.1) is 35.8 Å². The molecule has 1 saturated heterocycles. The summed E-state index contributed by atoms with van der Waals surface area (Å²) in [5.74, 6) is -1.18. The molecule has 0 amide bonds. The van der Waals surface area contributed by atoms with Gasteiger partial charge in [0.2, 0.25) is 0 Å². The number of ether oxygens (including phenoxy) is 4. The maximum Gasteiger partial charge on any atom is 0.338 e. The van der Waals surface area contributed by atoms with Crippen LogP contribution in [0.2, 0.25) is 0 Å². The monoisotopic (exact) mass is 594 g/mol. The lowest BCUT2D eigenvalue weighted by Gasteiger charge is -2.25. The summed E-state index contributed by atoms with van der Waals surface area (Å²) in [5, 5.41) is 4.29. The van der Waals surface area contributed by atoms with E-state index in [1.165, 1.54) is 17.2 Å². The van der Waals surface area contributed by atoms with E-state index in [9.17, 15) is 14.4 Å². The molecule has 44 heavy (non-hydrogen) atoms. The zero-order valence-electron chi connectivity index (χ0n) is 23.9. The van der Waals surface area contributed by atoms with Gasteiger partial charge >= 0.3 is 11.9 Å². The van der Waals surface area contributed by atoms with E-state index >= 15 is 0 Å². The Labute approximate surface area is 252 Å². The predicted molar refractivity (Wildman–Crippen MR) is 159 cm³/mol. The molecule has 224 valence electrons. The number of benzene rings is 3. The SMILES string of the molecule is CCC1OC(n2cnc3c(=O)n(COCc4ccccc4)ncc32)C(OC(=O)c2ccccc2)C1OC(=O)c1ccccc1. The fourth-order valence-corrected chi connectivity index (χ4v) is 5.14. The number of imidazole rings is 1. The number of carbonyl (C=O) groups is 2. The molecule has 6 rings (SSSR count). The smallest absolute Gasteiger partial charge is 0.338 e. The lowest BCUT2D eigenvalue weighted by molar-refractivity contribution is -0.0488. The Kier molecular flexibility index (Phi) is 8.57. The van der Waals surface area contributed by atoms with Gasteiger partial charge in [-0.25, -0.2) is 19.3 Å². The highest BCUT2D eigenvalue weighted by molar-refractivity contribution is 5.90. The van der Waals surface area contributed by atoms with E-state index in [1.807, 2.05) is 37.3 Å². The Morgan fingerprint density at radius 3 is 2.05 bits per heavy atom. The Morgan fingerprint density at radius 1 is 0.841 bits per heavy atom. The zero-order chi connectivity index (χ0) is 30.5. The second kappa shape index (κ2) is 13.0. The third kappa shape index (κ3) is 6.01. The summed E-state index contributed by atoms with van der Waals surface area (Å²) in [6.45, 7) is 2.13. The summed E-state index contributed by atoms with van der Waals surface area (Å²) in [7, 11) is 0. The van der Waals surface area contributed by atoms with E-state index < -0.39 is 42.0 Å². The van der Waals surface area contributed by atoms with Crippen molar-refractivity contribution >= 4 is 23.0 Å². The van der Waals surface area contributed by atoms with Crippen LogP contribution in [0.5, 0.6) is 0 Å². The topological polar surface area (TPSA) is 124 Å². The largest absolute Gasteiger partial charge is 0.452 e. The maximum atomic E-state index is 13.3. The Bertz CT molecular complexity index is 1790. The van der Waals surface area contributed by atoms with Gasteiger partial charge in [0.25, 0.3) is 5.56 Å². The molecule has 1 aliphatic heterocycles. The fourth-order valence-electron chi connectivity index (χ4n) is 5.14. The number of hydrogen-bond acceptors (Lipinski definition) is 9. The third-order valence-electron chi connectivity index (χ3n) is 7.38. The van der Waals surface area contributed by atoms with Gasteiger partial charge in [0.1, 0.15) is 12.8 Å². The second-order valence-corrected chi connectivity index (χ2v) is 10.2. The number of rotatable bonds is 10. The first-order valence-electron chi connectivity index (χ1n) is 14.3. The van der Waals surface area contributed by atoms with Gasteiger partial charge in [-0.1, -0.05) is 73.7 Å². The van der Waals surface area contributed by atoms with Crippen LogP contribution in [0.4, 0.5) is 0 Å². The van der Waals surface area contributed by atoms with Crippen molar-refractivity contribution in [2.24, 2.45) is 0 Å². The number of nitrogens with zero attached hydrogens (tertiary/aromatic N) is 4. The highest BCUT2D eigenvalue weighted by atomic mass is 16.6. The number of fused-ring (bicyclic) bond motifs is 1. The van der Waals surface area contributed by atoms with Gasteiger partial charge in [-0.05, 0) is 36.2 Å². The van der Waals surface area contributed by atoms with Crippen molar-refractivity contribution in [3.05, 3.63) is 131 Å². The van der Waals surface area contributed by atoms with Crippen molar-refractivity contribution < 1.29 is 28.5 Å².